The number of halogens is 1. The number of hydrogen-bond donors (Lipinski definition) is 1. The molecule has 1 aromatic carbocycles. The highest BCUT2D eigenvalue weighted by molar-refractivity contribution is 14.0. The number of carbonyl (C=O) groups excluding carboxylic acids is 1. The molecule has 0 aromatic heterocycles. The van der Waals surface area contributed by atoms with Crippen LogP contribution in [0.1, 0.15) is 44.2 Å². The Morgan fingerprint density at radius 1 is 1.13 bits per heavy atom. The molecule has 0 saturated carbocycles. The Hall–Kier alpha value is -1.35. The molecule has 1 atom stereocenters. The number of carbonyl (C=O) groups is 1. The molecule has 2 aliphatic heterocycles. The molecule has 2 heterocycles. The second-order valence-corrected chi connectivity index (χ2v) is 8.36. The van der Waals surface area contributed by atoms with E-state index < -0.39 is 0 Å². The number of nitrogens with one attached hydrogen (secondary N) is 1. The summed E-state index contributed by atoms with van der Waals surface area (Å²) in [6.45, 7) is 7.14. The van der Waals surface area contributed by atoms with E-state index in [1.54, 1.807) is 0 Å². The molecule has 1 unspecified atom stereocenters. The van der Waals surface area contributed by atoms with Gasteiger partial charge in [0.15, 0.2) is 5.96 Å². The molecule has 30 heavy (non-hydrogen) atoms. The second-order valence-electron chi connectivity index (χ2n) is 8.36. The number of nitrogens with zero attached hydrogens (tertiary/aromatic N) is 3. The van der Waals surface area contributed by atoms with Gasteiger partial charge in [-0.15, -0.1) is 24.0 Å². The van der Waals surface area contributed by atoms with Crippen molar-refractivity contribution in [3.63, 3.8) is 0 Å². The van der Waals surface area contributed by atoms with Crippen molar-refractivity contribution in [3.05, 3.63) is 35.9 Å². The van der Waals surface area contributed by atoms with Gasteiger partial charge in [0.2, 0.25) is 0 Å². The van der Waals surface area contributed by atoms with Crippen LogP contribution in [0.5, 0.6) is 0 Å². The third-order valence-corrected chi connectivity index (χ3v) is 6.44. The minimum absolute atomic E-state index is 0. The molecular formula is C23H37IN4O2. The van der Waals surface area contributed by atoms with Gasteiger partial charge in [-0.3, -0.25) is 14.7 Å². The molecule has 7 heteroatoms. The summed E-state index contributed by atoms with van der Waals surface area (Å²) in [5.74, 6) is 1.68. The third-order valence-electron chi connectivity index (χ3n) is 6.44. The topological polar surface area (TPSA) is 57.2 Å². The first kappa shape index (κ1) is 24.9. The molecular weight excluding hydrogens is 491 g/mol. The Bertz CT molecular complexity index is 669. The van der Waals surface area contributed by atoms with E-state index in [1.165, 1.54) is 25.5 Å². The van der Waals surface area contributed by atoms with Gasteiger partial charge < -0.3 is 15.0 Å². The highest BCUT2D eigenvalue weighted by Gasteiger charge is 2.28. The summed E-state index contributed by atoms with van der Waals surface area (Å²) < 4.78 is 4.91. The fourth-order valence-corrected chi connectivity index (χ4v) is 4.49. The van der Waals surface area contributed by atoms with Crippen molar-refractivity contribution in [1.29, 1.82) is 0 Å². The fraction of sp³-hybridized carbons (Fsp3) is 0.652. The minimum Gasteiger partial charge on any atom is -0.469 e. The molecule has 1 aromatic rings. The van der Waals surface area contributed by atoms with E-state index in [0.29, 0.717) is 6.04 Å². The summed E-state index contributed by atoms with van der Waals surface area (Å²) in [4.78, 5) is 21.2. The van der Waals surface area contributed by atoms with Crippen molar-refractivity contribution in [1.82, 2.24) is 15.1 Å². The number of ether oxygens (including phenoxy) is 1. The Kier molecular flexibility index (Phi) is 10.4. The van der Waals surface area contributed by atoms with Crippen LogP contribution in [-0.2, 0) is 9.53 Å². The SMILES string of the molecule is CN=C(NCC(c1ccccc1)N1CCC(C)CC1)N1CCC(C(=O)OC)CC1.I. The fourth-order valence-electron chi connectivity index (χ4n) is 4.49. The zero-order valence-corrected chi connectivity index (χ0v) is 20.9. The number of guanidine groups is 1. The zero-order valence-electron chi connectivity index (χ0n) is 18.5. The molecule has 2 aliphatic rings. The Morgan fingerprint density at radius 2 is 1.77 bits per heavy atom. The van der Waals surface area contributed by atoms with Crippen molar-refractivity contribution in [2.75, 3.05) is 46.9 Å². The molecule has 0 aliphatic carbocycles. The first-order valence-corrected chi connectivity index (χ1v) is 10.9. The summed E-state index contributed by atoms with van der Waals surface area (Å²) in [6, 6.07) is 11.1. The van der Waals surface area contributed by atoms with Crippen molar-refractivity contribution in [2.24, 2.45) is 16.8 Å². The van der Waals surface area contributed by atoms with Gasteiger partial charge in [0.05, 0.1) is 19.1 Å². The summed E-state index contributed by atoms with van der Waals surface area (Å²) in [6.07, 6.45) is 4.16. The smallest absolute Gasteiger partial charge is 0.308 e. The molecule has 0 bridgehead atoms. The molecule has 0 amide bonds. The van der Waals surface area contributed by atoms with Crippen LogP contribution < -0.4 is 5.32 Å². The van der Waals surface area contributed by atoms with Gasteiger partial charge in [0.25, 0.3) is 0 Å². The molecule has 168 valence electrons. The van der Waals surface area contributed by atoms with Crippen LogP contribution in [0, 0.1) is 11.8 Å². The Balaban J connectivity index is 0.00000320. The largest absolute Gasteiger partial charge is 0.469 e. The Labute approximate surface area is 198 Å². The van der Waals surface area contributed by atoms with Gasteiger partial charge in [0.1, 0.15) is 0 Å². The van der Waals surface area contributed by atoms with Crippen molar-refractivity contribution in [3.8, 4) is 0 Å². The van der Waals surface area contributed by atoms with E-state index in [4.69, 9.17) is 4.74 Å². The standard InChI is InChI=1S/C23H36N4O2.HI/c1-18-9-13-26(14-10-18)21(19-7-5-4-6-8-19)17-25-23(24-2)27-15-11-20(12-16-27)22(28)29-3;/h4-8,18,20-21H,9-17H2,1-3H3,(H,24,25);1H. The lowest BCUT2D eigenvalue weighted by Gasteiger charge is -2.38. The monoisotopic (exact) mass is 528 g/mol. The number of hydrogen-bond acceptors (Lipinski definition) is 4. The maximum absolute atomic E-state index is 11.8. The van der Waals surface area contributed by atoms with Crippen molar-refractivity contribution in [2.45, 2.75) is 38.6 Å². The third kappa shape index (κ3) is 6.57. The molecule has 0 spiro atoms. The lowest BCUT2D eigenvalue weighted by atomic mass is 9.95. The first-order valence-electron chi connectivity index (χ1n) is 10.9. The molecule has 0 radical (unpaired) electrons. The average Bonchev–Trinajstić information content (AvgIpc) is 2.78. The van der Waals surface area contributed by atoms with Crippen LogP contribution in [0.25, 0.3) is 0 Å². The maximum Gasteiger partial charge on any atom is 0.308 e. The van der Waals surface area contributed by atoms with Gasteiger partial charge in [-0.2, -0.15) is 0 Å². The molecule has 1 N–H and O–H groups in total. The summed E-state index contributed by atoms with van der Waals surface area (Å²) in [7, 11) is 3.31. The average molecular weight is 528 g/mol. The predicted octanol–water partition coefficient (Wildman–Crippen LogP) is 3.54. The highest BCUT2D eigenvalue weighted by Crippen LogP contribution is 2.26. The molecule has 6 nitrogen and oxygen atoms in total. The predicted molar refractivity (Wildman–Crippen MR) is 132 cm³/mol. The summed E-state index contributed by atoms with van der Waals surface area (Å²) >= 11 is 0. The maximum atomic E-state index is 11.8. The number of esters is 1. The van der Waals surface area contributed by atoms with Crippen molar-refractivity contribution >= 4 is 35.9 Å². The van der Waals surface area contributed by atoms with E-state index in [1.807, 2.05) is 7.05 Å². The van der Waals surface area contributed by atoms with Crippen LogP contribution >= 0.6 is 24.0 Å². The number of rotatable bonds is 5. The normalized spacial score (nSPS) is 20.4. The highest BCUT2D eigenvalue weighted by atomic mass is 127. The van der Waals surface area contributed by atoms with E-state index in [9.17, 15) is 4.79 Å². The summed E-state index contributed by atoms with van der Waals surface area (Å²) in [5.41, 5.74) is 1.36. The van der Waals surface area contributed by atoms with Crippen LogP contribution in [0.3, 0.4) is 0 Å². The molecule has 2 saturated heterocycles. The van der Waals surface area contributed by atoms with Crippen LogP contribution in [0.15, 0.2) is 35.3 Å². The summed E-state index contributed by atoms with van der Waals surface area (Å²) in [5, 5.41) is 3.62. The number of piperidine rings is 2. The number of methoxy groups -OCH3 is 1. The second kappa shape index (κ2) is 12.5. The Morgan fingerprint density at radius 3 is 2.33 bits per heavy atom. The van der Waals surface area contributed by atoms with Gasteiger partial charge in [-0.1, -0.05) is 37.3 Å². The lowest BCUT2D eigenvalue weighted by Crippen LogP contribution is -2.49. The number of aliphatic imine (C=N–C) groups is 1. The quantitative estimate of drug-likeness (QED) is 0.274. The van der Waals surface area contributed by atoms with E-state index in [-0.39, 0.29) is 35.9 Å². The molecule has 2 fully saturated rings. The minimum atomic E-state index is -0.0870. The number of likely N-dealkylation sites (tertiary alicyclic amines) is 2. The van der Waals surface area contributed by atoms with Gasteiger partial charge in [0, 0.05) is 26.7 Å². The molecule has 3 rings (SSSR count). The van der Waals surface area contributed by atoms with Crippen LogP contribution in [0.4, 0.5) is 0 Å². The lowest BCUT2D eigenvalue weighted by molar-refractivity contribution is -0.146. The zero-order chi connectivity index (χ0) is 20.6. The van der Waals surface area contributed by atoms with E-state index in [0.717, 1.165) is 57.4 Å². The van der Waals surface area contributed by atoms with Crippen LogP contribution in [0.2, 0.25) is 0 Å². The van der Waals surface area contributed by atoms with Crippen LogP contribution in [-0.4, -0.2) is 68.6 Å². The van der Waals surface area contributed by atoms with E-state index >= 15 is 0 Å². The van der Waals surface area contributed by atoms with Gasteiger partial charge >= 0.3 is 5.97 Å². The first-order chi connectivity index (χ1) is 14.1. The van der Waals surface area contributed by atoms with Crippen molar-refractivity contribution < 1.29 is 9.53 Å². The van der Waals surface area contributed by atoms with E-state index in [2.05, 4.69) is 57.4 Å². The van der Waals surface area contributed by atoms with Gasteiger partial charge in [-0.05, 0) is 50.3 Å². The number of benzene rings is 1. The van der Waals surface area contributed by atoms with Gasteiger partial charge in [-0.25, -0.2) is 0 Å².